The van der Waals surface area contributed by atoms with E-state index in [1.807, 2.05) is 24.4 Å². The van der Waals surface area contributed by atoms with Crippen LogP contribution in [-0.4, -0.2) is 24.2 Å². The predicted octanol–water partition coefficient (Wildman–Crippen LogP) is 2.72. The smallest absolute Gasteiger partial charge is 0.245 e. The lowest BCUT2D eigenvalue weighted by molar-refractivity contribution is -0.122. The summed E-state index contributed by atoms with van der Waals surface area (Å²) in [5.74, 6) is 0.0176. The van der Waals surface area contributed by atoms with Crippen molar-refractivity contribution in [1.29, 1.82) is 0 Å². The maximum atomic E-state index is 12.2. The van der Waals surface area contributed by atoms with E-state index in [0.717, 1.165) is 12.0 Å². The van der Waals surface area contributed by atoms with E-state index in [-0.39, 0.29) is 18.0 Å². The molecule has 0 saturated heterocycles. The molecule has 22 heavy (non-hydrogen) atoms. The molecule has 2 atom stereocenters. The van der Waals surface area contributed by atoms with Gasteiger partial charge in [0.15, 0.2) is 0 Å². The van der Waals surface area contributed by atoms with Crippen LogP contribution in [0.25, 0.3) is 0 Å². The Balaban J connectivity index is 1.63. The van der Waals surface area contributed by atoms with Crippen molar-refractivity contribution in [2.45, 2.75) is 31.8 Å². The summed E-state index contributed by atoms with van der Waals surface area (Å²) < 4.78 is 0. The molecule has 0 spiro atoms. The van der Waals surface area contributed by atoms with Gasteiger partial charge in [0.05, 0.1) is 6.04 Å². The lowest BCUT2D eigenvalue weighted by atomic mass is 10.0. The summed E-state index contributed by atoms with van der Waals surface area (Å²) in [5, 5.41) is 3.06. The molecule has 112 valence electrons. The number of nitrogens with zero attached hydrogens (tertiary/aromatic N) is 1. The molecule has 1 aliphatic heterocycles. The molecular weight excluding hydrogens is 272 g/mol. The van der Waals surface area contributed by atoms with Crippen LogP contribution in [0.5, 0.6) is 0 Å². The maximum absolute atomic E-state index is 12.2. The lowest BCUT2D eigenvalue weighted by Gasteiger charge is -2.23. The first-order chi connectivity index (χ1) is 10.7. The maximum Gasteiger partial charge on any atom is 0.245 e. The Kier molecular flexibility index (Phi) is 4.33. The van der Waals surface area contributed by atoms with Crippen LogP contribution in [0, 0.1) is 6.92 Å². The molecule has 2 aromatic rings. The van der Waals surface area contributed by atoms with E-state index >= 15 is 0 Å². The van der Waals surface area contributed by atoms with Crippen molar-refractivity contribution >= 4 is 12.1 Å². The largest absolute Gasteiger partial charge is 0.346 e. The molecule has 1 aliphatic rings. The van der Waals surface area contributed by atoms with Crippen LogP contribution < -0.4 is 5.32 Å². The average molecular weight is 292 g/mol. The van der Waals surface area contributed by atoms with Crippen LogP contribution in [0.2, 0.25) is 0 Å². The van der Waals surface area contributed by atoms with E-state index in [0.29, 0.717) is 6.42 Å². The first kappa shape index (κ1) is 14.5. The topological polar surface area (TPSA) is 41.5 Å². The van der Waals surface area contributed by atoms with E-state index in [4.69, 9.17) is 0 Å². The second kappa shape index (κ2) is 6.56. The average Bonchev–Trinajstić information content (AvgIpc) is 2.53. The molecule has 1 N–H and O–H groups in total. The number of aliphatic imine (C=N–C) groups is 1. The second-order valence-electron chi connectivity index (χ2n) is 5.81. The first-order valence-electron chi connectivity index (χ1n) is 7.64. The van der Waals surface area contributed by atoms with Crippen LogP contribution in [0.4, 0.5) is 0 Å². The van der Waals surface area contributed by atoms with Gasteiger partial charge in [0.1, 0.15) is 6.04 Å². The van der Waals surface area contributed by atoms with E-state index < -0.39 is 0 Å². The minimum absolute atomic E-state index is 0.0100. The number of amides is 1. The summed E-state index contributed by atoms with van der Waals surface area (Å²) in [7, 11) is 0. The van der Waals surface area contributed by atoms with E-state index in [2.05, 4.69) is 53.6 Å². The molecule has 0 saturated carbocycles. The number of hydrogen-bond acceptors (Lipinski definition) is 2. The van der Waals surface area contributed by atoms with Gasteiger partial charge in [-0.2, -0.15) is 0 Å². The van der Waals surface area contributed by atoms with Crippen molar-refractivity contribution in [1.82, 2.24) is 5.32 Å². The van der Waals surface area contributed by atoms with Crippen LogP contribution in [-0.2, 0) is 17.6 Å². The van der Waals surface area contributed by atoms with Crippen LogP contribution >= 0.6 is 0 Å². The van der Waals surface area contributed by atoms with Gasteiger partial charge >= 0.3 is 0 Å². The number of benzene rings is 2. The van der Waals surface area contributed by atoms with Crippen molar-refractivity contribution in [2.75, 3.05) is 0 Å². The first-order valence-corrected chi connectivity index (χ1v) is 7.64. The Bertz CT molecular complexity index is 662. The summed E-state index contributed by atoms with van der Waals surface area (Å²) in [6, 6.07) is 18.1. The van der Waals surface area contributed by atoms with Gasteiger partial charge in [0, 0.05) is 12.6 Å². The highest BCUT2D eigenvalue weighted by molar-refractivity contribution is 5.90. The van der Waals surface area contributed by atoms with E-state index in [1.165, 1.54) is 11.1 Å². The van der Waals surface area contributed by atoms with Crippen molar-refractivity contribution in [3.05, 3.63) is 71.3 Å². The molecule has 2 aromatic carbocycles. The number of aryl methyl sites for hydroxylation is 1. The fourth-order valence-electron chi connectivity index (χ4n) is 2.66. The molecule has 0 aromatic heterocycles. The van der Waals surface area contributed by atoms with Gasteiger partial charge in [-0.3, -0.25) is 9.79 Å². The molecule has 1 amide bonds. The zero-order valence-corrected chi connectivity index (χ0v) is 12.7. The molecule has 3 rings (SSSR count). The molecular formula is C19H20N2O. The van der Waals surface area contributed by atoms with Gasteiger partial charge in [-0.25, -0.2) is 0 Å². The predicted molar refractivity (Wildman–Crippen MR) is 89.2 cm³/mol. The highest BCUT2D eigenvalue weighted by atomic mass is 16.2. The highest BCUT2D eigenvalue weighted by Crippen LogP contribution is 2.12. The fourth-order valence-corrected chi connectivity index (χ4v) is 2.66. The third-order valence-electron chi connectivity index (χ3n) is 3.92. The Morgan fingerprint density at radius 3 is 2.32 bits per heavy atom. The van der Waals surface area contributed by atoms with Crippen molar-refractivity contribution in [3.63, 3.8) is 0 Å². The quantitative estimate of drug-likeness (QED) is 0.925. The van der Waals surface area contributed by atoms with Crippen LogP contribution in [0.1, 0.15) is 16.7 Å². The molecule has 3 heteroatoms. The van der Waals surface area contributed by atoms with Gasteiger partial charge in [0.2, 0.25) is 5.91 Å². The Morgan fingerprint density at radius 2 is 1.64 bits per heavy atom. The fraction of sp³-hybridized carbons (Fsp3) is 0.263. The van der Waals surface area contributed by atoms with Crippen molar-refractivity contribution in [2.24, 2.45) is 4.99 Å². The molecule has 0 bridgehead atoms. The van der Waals surface area contributed by atoms with Crippen LogP contribution in [0.3, 0.4) is 0 Å². The van der Waals surface area contributed by atoms with E-state index in [9.17, 15) is 4.79 Å². The summed E-state index contributed by atoms with van der Waals surface area (Å²) in [6.07, 6.45) is 3.32. The monoisotopic (exact) mass is 292 g/mol. The third kappa shape index (κ3) is 3.61. The molecule has 3 nitrogen and oxygen atoms in total. The summed E-state index contributed by atoms with van der Waals surface area (Å²) >= 11 is 0. The molecule has 2 unspecified atom stereocenters. The highest BCUT2D eigenvalue weighted by Gasteiger charge is 2.24. The second-order valence-corrected chi connectivity index (χ2v) is 5.81. The molecule has 1 heterocycles. The third-order valence-corrected chi connectivity index (χ3v) is 3.92. The standard InChI is InChI=1S/C19H20N2O/c1-14-7-9-16(10-8-14)12-18-19(22)21-17(13-20-18)11-15-5-3-2-4-6-15/h2-10,13,17-18H,11-12H2,1H3,(H,21,22). The lowest BCUT2D eigenvalue weighted by Crippen LogP contribution is -2.47. The van der Waals surface area contributed by atoms with Crippen LogP contribution in [0.15, 0.2) is 59.6 Å². The SMILES string of the molecule is Cc1ccc(CC2N=CC(Cc3ccccc3)NC2=O)cc1. The van der Waals surface area contributed by atoms with Gasteiger partial charge < -0.3 is 5.32 Å². The molecule has 0 radical (unpaired) electrons. The number of nitrogens with one attached hydrogen (secondary N) is 1. The number of carbonyl (C=O) groups excluding carboxylic acids is 1. The number of rotatable bonds is 4. The zero-order valence-electron chi connectivity index (χ0n) is 12.7. The molecule has 0 fully saturated rings. The Morgan fingerprint density at radius 1 is 0.955 bits per heavy atom. The molecule has 0 aliphatic carbocycles. The minimum Gasteiger partial charge on any atom is -0.346 e. The number of hydrogen-bond donors (Lipinski definition) is 1. The van der Waals surface area contributed by atoms with Gasteiger partial charge in [-0.15, -0.1) is 0 Å². The summed E-state index contributed by atoms with van der Waals surface area (Å²) in [4.78, 5) is 16.7. The van der Waals surface area contributed by atoms with Gasteiger partial charge in [-0.05, 0) is 24.5 Å². The Hall–Kier alpha value is -2.42. The zero-order chi connectivity index (χ0) is 15.4. The van der Waals surface area contributed by atoms with Crippen molar-refractivity contribution in [3.8, 4) is 0 Å². The van der Waals surface area contributed by atoms with Gasteiger partial charge in [-0.1, -0.05) is 60.2 Å². The normalized spacial score (nSPS) is 20.7. The van der Waals surface area contributed by atoms with Crippen molar-refractivity contribution < 1.29 is 4.79 Å². The van der Waals surface area contributed by atoms with Gasteiger partial charge in [0.25, 0.3) is 0 Å². The van der Waals surface area contributed by atoms with E-state index in [1.54, 1.807) is 0 Å². The number of carbonyl (C=O) groups is 1. The summed E-state index contributed by atoms with van der Waals surface area (Å²) in [5.41, 5.74) is 3.57. The Labute approximate surface area is 131 Å². The summed E-state index contributed by atoms with van der Waals surface area (Å²) in [6.45, 7) is 2.06. The minimum atomic E-state index is -0.310.